The number of nitrogens with one attached hydrogen (secondary N) is 3. The predicted octanol–water partition coefficient (Wildman–Crippen LogP) is 0.836. The van der Waals surface area contributed by atoms with Crippen molar-refractivity contribution in [2.45, 2.75) is 45.8 Å². The Morgan fingerprint density at radius 1 is 0.806 bits per heavy atom. The normalized spacial score (nSPS) is 10.5. The van der Waals surface area contributed by atoms with Crippen molar-refractivity contribution in [2.75, 3.05) is 19.6 Å². The molecule has 1 aromatic carbocycles. The van der Waals surface area contributed by atoms with E-state index in [1.807, 2.05) is 18.2 Å². The van der Waals surface area contributed by atoms with Crippen LogP contribution in [0.15, 0.2) is 30.3 Å². The predicted molar refractivity (Wildman–Crippen MR) is 111 cm³/mol. The zero-order valence-corrected chi connectivity index (χ0v) is 18.0. The summed E-state index contributed by atoms with van der Waals surface area (Å²) in [6, 6.07) is 9.09. The molecule has 170 valence electrons. The van der Waals surface area contributed by atoms with Gasteiger partial charge >= 0.3 is 12.1 Å². The summed E-state index contributed by atoms with van der Waals surface area (Å²) in [6.07, 6.45) is -0.958. The largest absolute Gasteiger partial charge is 0.460 e. The molecule has 10 heteroatoms. The summed E-state index contributed by atoms with van der Waals surface area (Å²) in [5.41, 5.74) is 0.150. The van der Waals surface area contributed by atoms with Gasteiger partial charge in [0.25, 0.3) is 0 Å². The lowest BCUT2D eigenvalue weighted by atomic mass is 10.2. The van der Waals surface area contributed by atoms with Crippen molar-refractivity contribution in [3.8, 4) is 0 Å². The number of benzene rings is 1. The van der Waals surface area contributed by atoms with Crippen LogP contribution in [-0.2, 0) is 35.3 Å². The highest BCUT2D eigenvalue weighted by Crippen LogP contribution is 2.06. The number of ether oxygens (including phenoxy) is 2. The van der Waals surface area contributed by atoms with Gasteiger partial charge < -0.3 is 25.4 Å². The van der Waals surface area contributed by atoms with Crippen molar-refractivity contribution in [1.29, 1.82) is 0 Å². The van der Waals surface area contributed by atoms with Crippen LogP contribution in [0, 0.1) is 0 Å². The number of carbonyl (C=O) groups excluding carboxylic acids is 5. The lowest BCUT2D eigenvalue weighted by molar-refractivity contribution is -0.145. The van der Waals surface area contributed by atoms with E-state index in [0.717, 1.165) is 5.56 Å². The molecule has 0 atom stereocenters. The molecule has 0 bridgehead atoms. The molecule has 1 rings (SSSR count). The fourth-order valence-electron chi connectivity index (χ4n) is 2.12. The van der Waals surface area contributed by atoms with Gasteiger partial charge in [0.05, 0.1) is 13.1 Å². The first-order chi connectivity index (χ1) is 14.5. The summed E-state index contributed by atoms with van der Waals surface area (Å²) in [4.78, 5) is 58.2. The summed E-state index contributed by atoms with van der Waals surface area (Å²) in [7, 11) is 0. The summed E-state index contributed by atoms with van der Waals surface area (Å²) >= 11 is 0. The molecule has 0 spiro atoms. The van der Waals surface area contributed by atoms with Crippen molar-refractivity contribution in [3.63, 3.8) is 0 Å². The maximum atomic E-state index is 11.7. The SMILES string of the molecule is CC(C)(C)OC(=O)NCC(=O)CCC(=O)NCC(=O)NCC(=O)OCc1ccccc1. The van der Waals surface area contributed by atoms with Crippen molar-refractivity contribution < 1.29 is 33.4 Å². The van der Waals surface area contributed by atoms with Gasteiger partial charge in [0.2, 0.25) is 11.8 Å². The minimum absolute atomic E-state index is 0.100. The number of esters is 1. The van der Waals surface area contributed by atoms with Crippen molar-refractivity contribution >= 4 is 29.7 Å². The Kier molecular flexibility index (Phi) is 10.7. The zero-order chi connectivity index (χ0) is 23.3. The number of Topliss-reactive ketones (excluding diaryl/α,β-unsaturated/α-hetero) is 1. The molecule has 0 saturated carbocycles. The van der Waals surface area contributed by atoms with Crippen LogP contribution in [0.25, 0.3) is 0 Å². The Labute approximate surface area is 181 Å². The van der Waals surface area contributed by atoms with Gasteiger partial charge in [0, 0.05) is 12.8 Å². The minimum Gasteiger partial charge on any atom is -0.460 e. The van der Waals surface area contributed by atoms with E-state index in [4.69, 9.17) is 9.47 Å². The average molecular weight is 435 g/mol. The Morgan fingerprint density at radius 2 is 1.45 bits per heavy atom. The molecule has 0 aliphatic rings. The number of ketones is 1. The number of hydrogen-bond acceptors (Lipinski definition) is 7. The first-order valence-corrected chi connectivity index (χ1v) is 9.76. The molecule has 3 N–H and O–H groups in total. The van der Waals surface area contributed by atoms with E-state index in [9.17, 15) is 24.0 Å². The summed E-state index contributed by atoms with van der Waals surface area (Å²) in [5, 5.41) is 6.99. The van der Waals surface area contributed by atoms with Gasteiger partial charge in [-0.2, -0.15) is 0 Å². The van der Waals surface area contributed by atoms with Crippen LogP contribution in [-0.4, -0.2) is 54.9 Å². The third-order valence-corrected chi connectivity index (χ3v) is 3.58. The number of alkyl carbamates (subject to hydrolysis) is 1. The third-order valence-electron chi connectivity index (χ3n) is 3.58. The van der Waals surface area contributed by atoms with Crippen LogP contribution in [0.5, 0.6) is 0 Å². The number of amides is 3. The highest BCUT2D eigenvalue weighted by molar-refractivity contribution is 5.90. The monoisotopic (exact) mass is 435 g/mol. The number of hydrogen-bond donors (Lipinski definition) is 3. The van der Waals surface area contributed by atoms with Crippen molar-refractivity contribution in [2.24, 2.45) is 0 Å². The van der Waals surface area contributed by atoms with Gasteiger partial charge in [0.1, 0.15) is 18.8 Å². The summed E-state index contributed by atoms with van der Waals surface area (Å²) in [6.45, 7) is 4.27. The van der Waals surface area contributed by atoms with E-state index >= 15 is 0 Å². The van der Waals surface area contributed by atoms with Crippen molar-refractivity contribution in [1.82, 2.24) is 16.0 Å². The average Bonchev–Trinajstić information content (AvgIpc) is 2.71. The highest BCUT2D eigenvalue weighted by Gasteiger charge is 2.17. The topological polar surface area (TPSA) is 140 Å². The van der Waals surface area contributed by atoms with Crippen LogP contribution in [0.3, 0.4) is 0 Å². The Morgan fingerprint density at radius 3 is 2.10 bits per heavy atom. The second-order valence-corrected chi connectivity index (χ2v) is 7.59. The molecule has 0 unspecified atom stereocenters. The standard InChI is InChI=1S/C21H29N3O7/c1-21(2,3)31-20(29)24-11-16(25)9-10-17(26)22-12-18(27)23-13-19(28)30-14-15-7-5-4-6-8-15/h4-8H,9-14H2,1-3H3,(H,22,26)(H,23,27)(H,24,29). The third kappa shape index (κ3) is 13.4. The molecule has 0 fully saturated rings. The molecular formula is C21H29N3O7. The number of rotatable bonds is 11. The number of carbonyl (C=O) groups is 5. The zero-order valence-electron chi connectivity index (χ0n) is 18.0. The second kappa shape index (κ2) is 13.0. The highest BCUT2D eigenvalue weighted by atomic mass is 16.6. The Bertz CT molecular complexity index is 773. The molecule has 0 radical (unpaired) electrons. The van der Waals surface area contributed by atoms with Gasteiger partial charge in [0.15, 0.2) is 5.78 Å². The van der Waals surface area contributed by atoms with Crippen molar-refractivity contribution in [3.05, 3.63) is 35.9 Å². The van der Waals surface area contributed by atoms with E-state index < -0.39 is 29.5 Å². The molecule has 1 aromatic rings. The first-order valence-electron chi connectivity index (χ1n) is 9.76. The molecule has 0 aromatic heterocycles. The Hall–Kier alpha value is -3.43. The lowest BCUT2D eigenvalue weighted by Crippen LogP contribution is -2.39. The first kappa shape index (κ1) is 25.6. The smallest absolute Gasteiger partial charge is 0.408 e. The van der Waals surface area contributed by atoms with Gasteiger partial charge in [-0.15, -0.1) is 0 Å². The molecule has 0 aliphatic heterocycles. The molecule has 0 heterocycles. The fraction of sp³-hybridized carbons (Fsp3) is 0.476. The fourth-order valence-corrected chi connectivity index (χ4v) is 2.12. The second-order valence-electron chi connectivity index (χ2n) is 7.59. The quantitative estimate of drug-likeness (QED) is 0.438. The van der Waals surface area contributed by atoms with Crippen LogP contribution in [0.2, 0.25) is 0 Å². The van der Waals surface area contributed by atoms with Crippen LogP contribution in [0.4, 0.5) is 4.79 Å². The molecule has 0 aliphatic carbocycles. The van der Waals surface area contributed by atoms with Gasteiger partial charge in [-0.3, -0.25) is 19.2 Å². The summed E-state index contributed by atoms with van der Waals surface area (Å²) < 4.78 is 10.0. The van der Waals surface area contributed by atoms with Gasteiger partial charge in [-0.05, 0) is 26.3 Å². The summed E-state index contributed by atoms with van der Waals surface area (Å²) in [5.74, 6) is -2.03. The van der Waals surface area contributed by atoms with Gasteiger partial charge in [-0.1, -0.05) is 30.3 Å². The Balaban J connectivity index is 2.12. The van der Waals surface area contributed by atoms with E-state index in [1.165, 1.54) is 0 Å². The van der Waals surface area contributed by atoms with E-state index in [1.54, 1.807) is 32.9 Å². The maximum Gasteiger partial charge on any atom is 0.408 e. The molecule has 31 heavy (non-hydrogen) atoms. The van der Waals surface area contributed by atoms with Gasteiger partial charge in [-0.25, -0.2) is 4.79 Å². The van der Waals surface area contributed by atoms with Crippen LogP contribution in [0.1, 0.15) is 39.2 Å². The van der Waals surface area contributed by atoms with E-state index in [-0.39, 0.29) is 44.9 Å². The minimum atomic E-state index is -0.718. The molecular weight excluding hydrogens is 406 g/mol. The molecule has 3 amide bonds. The van der Waals surface area contributed by atoms with E-state index in [0.29, 0.717) is 0 Å². The lowest BCUT2D eigenvalue weighted by Gasteiger charge is -2.19. The molecule has 10 nitrogen and oxygen atoms in total. The van der Waals surface area contributed by atoms with Crippen LogP contribution >= 0.6 is 0 Å². The van der Waals surface area contributed by atoms with Crippen LogP contribution < -0.4 is 16.0 Å². The molecule has 0 saturated heterocycles. The maximum absolute atomic E-state index is 11.7. The van der Waals surface area contributed by atoms with E-state index in [2.05, 4.69) is 16.0 Å².